The molecule has 0 nitrogen and oxygen atoms in total. The van der Waals surface area contributed by atoms with Crippen LogP contribution in [0.1, 0.15) is 53.1 Å². The minimum absolute atomic E-state index is 0.134. The first-order valence-electron chi connectivity index (χ1n) is 13.3. The first kappa shape index (κ1) is 27.2. The van der Waals surface area contributed by atoms with E-state index in [9.17, 15) is 0 Å². The van der Waals surface area contributed by atoms with Crippen molar-refractivity contribution in [3.63, 3.8) is 0 Å². The Balaban J connectivity index is 1.55. The van der Waals surface area contributed by atoms with E-state index in [0.29, 0.717) is 0 Å². The molecule has 0 saturated heterocycles. The first-order valence-corrected chi connectivity index (χ1v) is 31.3. The van der Waals surface area contributed by atoms with Crippen molar-refractivity contribution in [2.24, 2.45) is 0 Å². The van der Waals surface area contributed by atoms with Gasteiger partial charge in [0.1, 0.15) is 0 Å². The third-order valence-corrected chi connectivity index (χ3v) is 63.1. The number of aryl methyl sites for hydroxylation is 2. The van der Waals surface area contributed by atoms with E-state index in [4.69, 9.17) is 17.0 Å². The van der Waals surface area contributed by atoms with E-state index in [1.165, 1.54) is 64.0 Å². The second kappa shape index (κ2) is 9.54. The Bertz CT molecular complexity index is 1540. The van der Waals surface area contributed by atoms with Crippen molar-refractivity contribution in [3.8, 4) is 20.9 Å². The topological polar surface area (TPSA) is 0 Å². The molecule has 2 atom stereocenters. The van der Waals surface area contributed by atoms with Crippen molar-refractivity contribution in [1.29, 1.82) is 0 Å². The van der Waals surface area contributed by atoms with Crippen molar-refractivity contribution >= 4 is 57.8 Å². The summed E-state index contributed by atoms with van der Waals surface area (Å²) in [5.74, 6) is -1.52. The van der Waals surface area contributed by atoms with Crippen LogP contribution >= 0.6 is 39.7 Å². The second-order valence-corrected chi connectivity index (χ2v) is 56.5. The molecule has 6 rings (SSSR count). The van der Waals surface area contributed by atoms with E-state index in [1.54, 1.807) is 0 Å². The van der Waals surface area contributed by atoms with Crippen LogP contribution in [0, 0.1) is 13.8 Å². The average Bonchev–Trinajstić information content (AvgIpc) is 3.63. The molecule has 0 N–H and O–H groups in total. The zero-order chi connectivity index (χ0) is 27.0. The predicted octanol–water partition coefficient (Wildman–Crippen LogP) is 11.4. The van der Waals surface area contributed by atoms with E-state index in [1.807, 2.05) is 22.7 Å². The van der Waals surface area contributed by atoms with E-state index in [0.717, 1.165) is 0 Å². The first-order chi connectivity index (χ1) is 18.0. The van der Waals surface area contributed by atoms with Gasteiger partial charge in [-0.2, -0.15) is 0 Å². The summed E-state index contributed by atoms with van der Waals surface area (Å²) < 4.78 is 0.267. The van der Waals surface area contributed by atoms with Crippen LogP contribution in [0.3, 0.4) is 0 Å². The van der Waals surface area contributed by atoms with Crippen molar-refractivity contribution < 1.29 is 15.6 Å². The van der Waals surface area contributed by atoms with Crippen molar-refractivity contribution in [3.05, 3.63) is 104 Å². The SMILES string of the molecule is CC1=Cc2c(-c3ccc(C)s3)cccc2[CH]1[Zr]([Cl])([Cl])([CH]1C(C)=Cc2c(-c3ccc(C)s3)cccc21)[SiH](C)C. The van der Waals surface area contributed by atoms with Gasteiger partial charge in [0.05, 0.1) is 0 Å². The molecule has 0 radical (unpaired) electrons. The van der Waals surface area contributed by atoms with Crippen LogP contribution < -0.4 is 0 Å². The molecule has 195 valence electrons. The molecule has 2 unspecified atom stereocenters. The number of thiophene rings is 2. The van der Waals surface area contributed by atoms with Crippen LogP contribution in [0.2, 0.25) is 13.1 Å². The predicted molar refractivity (Wildman–Crippen MR) is 172 cm³/mol. The van der Waals surface area contributed by atoms with Crippen LogP contribution in [-0.4, -0.2) is 5.92 Å². The molecule has 2 aliphatic rings. The normalized spacial score (nSPS) is 19.7. The van der Waals surface area contributed by atoms with Gasteiger partial charge in [0.15, 0.2) is 0 Å². The second-order valence-electron chi connectivity index (χ2n) is 11.5. The monoisotopic (exact) mass is 669 g/mol. The van der Waals surface area contributed by atoms with Gasteiger partial charge in [0.25, 0.3) is 0 Å². The summed E-state index contributed by atoms with van der Waals surface area (Å²) in [5, 5.41) is 0. The fraction of sp³-hybridized carbons (Fsp3) is 0.250. The van der Waals surface area contributed by atoms with Crippen LogP contribution in [0.15, 0.2) is 71.8 Å². The van der Waals surface area contributed by atoms with Gasteiger partial charge in [-0.15, -0.1) is 0 Å². The Labute approximate surface area is 243 Å². The maximum atomic E-state index is 8.35. The molecule has 0 aliphatic heterocycles. The van der Waals surface area contributed by atoms with Gasteiger partial charge < -0.3 is 0 Å². The van der Waals surface area contributed by atoms with Crippen molar-refractivity contribution in [2.75, 3.05) is 0 Å². The third kappa shape index (κ3) is 3.97. The molecule has 0 amide bonds. The third-order valence-electron chi connectivity index (χ3n) is 8.77. The zero-order valence-corrected chi connectivity index (χ0v) is 29.5. The summed E-state index contributed by atoms with van der Waals surface area (Å²) in [4.78, 5) is 5.32. The van der Waals surface area contributed by atoms with Gasteiger partial charge in [-0.05, 0) is 0 Å². The summed E-state index contributed by atoms with van der Waals surface area (Å²) in [6.07, 6.45) is 4.80. The molecular formula is C32H33Cl2S2SiZr. The number of fused-ring (bicyclic) bond motifs is 2. The summed E-state index contributed by atoms with van der Waals surface area (Å²) in [5.41, 5.74) is 10.7. The van der Waals surface area contributed by atoms with Crippen LogP contribution in [0.4, 0.5) is 0 Å². The molecule has 2 aromatic carbocycles. The molecule has 0 spiro atoms. The van der Waals surface area contributed by atoms with Crippen molar-refractivity contribution in [1.82, 2.24) is 0 Å². The van der Waals surface area contributed by atoms with Gasteiger partial charge in [-0.3, -0.25) is 0 Å². The van der Waals surface area contributed by atoms with E-state index in [2.05, 4.69) is 114 Å². The Hall–Kier alpha value is -1.00. The number of hydrogen-bond acceptors (Lipinski definition) is 2. The summed E-state index contributed by atoms with van der Waals surface area (Å²) in [6, 6.07) is 22.5. The fourth-order valence-electron chi connectivity index (χ4n) is 6.99. The van der Waals surface area contributed by atoms with E-state index in [-0.39, 0.29) is 7.25 Å². The molecule has 4 aromatic rings. The molecule has 2 heterocycles. The van der Waals surface area contributed by atoms with Gasteiger partial charge in [0.2, 0.25) is 0 Å². The number of halogens is 2. The van der Waals surface area contributed by atoms with Gasteiger partial charge in [-0.1, -0.05) is 0 Å². The molecule has 38 heavy (non-hydrogen) atoms. The fourth-order valence-corrected chi connectivity index (χ4v) is 41.7. The number of rotatable bonds is 5. The standard InChI is InChI=1S/2C15H13S.C2H7Si.2ClH.Zr/c2*1-10-8-12-4-3-5-13(14(12)9-10)15-7-6-11(2)16-15;1-3-2;;;/h2*3-9H,1-2H3;3H,1-2H3;2*1H;/q;;;;;+2/p-2. The summed E-state index contributed by atoms with van der Waals surface area (Å²) >= 11 is -0.888. The summed E-state index contributed by atoms with van der Waals surface area (Å²) in [7, 11) is 16.7. The van der Waals surface area contributed by atoms with Crippen LogP contribution in [0.5, 0.6) is 0 Å². The molecule has 6 heteroatoms. The number of hydrogen-bond donors (Lipinski definition) is 0. The van der Waals surface area contributed by atoms with Gasteiger partial charge in [0, 0.05) is 0 Å². The minimum atomic E-state index is -4.61. The molecule has 0 bridgehead atoms. The Morgan fingerprint density at radius 1 is 0.632 bits per heavy atom. The van der Waals surface area contributed by atoms with Crippen LogP contribution in [0.25, 0.3) is 33.0 Å². The maximum absolute atomic E-state index is 8.35. The summed E-state index contributed by atoms with van der Waals surface area (Å²) in [6.45, 7) is 13.8. The number of allylic oxidation sites excluding steroid dienone is 2. The van der Waals surface area contributed by atoms with Crippen molar-refractivity contribution in [2.45, 2.75) is 48.0 Å². The average molecular weight is 672 g/mol. The van der Waals surface area contributed by atoms with E-state index < -0.39 is 21.5 Å². The van der Waals surface area contributed by atoms with Crippen LogP contribution in [-0.2, 0) is 15.6 Å². The molecule has 0 saturated carbocycles. The quantitative estimate of drug-likeness (QED) is 0.185. The Kier molecular flexibility index (Phi) is 6.82. The molecule has 2 aromatic heterocycles. The Morgan fingerprint density at radius 2 is 1.05 bits per heavy atom. The molecular weight excluding hydrogens is 639 g/mol. The molecule has 0 fully saturated rings. The van der Waals surface area contributed by atoms with E-state index >= 15 is 0 Å². The number of benzene rings is 2. The zero-order valence-electron chi connectivity index (χ0n) is 22.7. The molecule has 2 aliphatic carbocycles. The van der Waals surface area contributed by atoms with Gasteiger partial charge in [-0.25, -0.2) is 0 Å². The van der Waals surface area contributed by atoms with Gasteiger partial charge >= 0.3 is 246 Å². The Morgan fingerprint density at radius 3 is 1.39 bits per heavy atom.